The number of hydrogen-bond acceptors (Lipinski definition) is 4. The summed E-state index contributed by atoms with van der Waals surface area (Å²) in [6, 6.07) is 8.86. The van der Waals surface area contributed by atoms with Gasteiger partial charge < -0.3 is 20.5 Å². The lowest BCUT2D eigenvalue weighted by Crippen LogP contribution is -2.14. The van der Waals surface area contributed by atoms with Crippen LogP contribution < -0.4 is 20.5 Å². The fourth-order valence-electron chi connectivity index (χ4n) is 2.26. The number of anilines is 2. The first kappa shape index (κ1) is 19.6. The second-order valence-corrected chi connectivity index (χ2v) is 6.55. The number of hydrogen-bond donors (Lipinski definition) is 2. The zero-order valence-electron chi connectivity index (χ0n) is 14.1. The Morgan fingerprint density at radius 2 is 1.76 bits per heavy atom. The highest BCUT2D eigenvalue weighted by molar-refractivity contribution is 7.80. The summed E-state index contributed by atoms with van der Waals surface area (Å²) in [5.74, 6) is 1.20. The van der Waals surface area contributed by atoms with Crippen molar-refractivity contribution in [3.8, 4) is 11.5 Å². The predicted octanol–water partition coefficient (Wildman–Crippen LogP) is 5.36. The molecule has 0 aliphatic rings. The fourth-order valence-corrected chi connectivity index (χ4v) is 3.00. The van der Waals surface area contributed by atoms with Gasteiger partial charge in [0.05, 0.1) is 29.6 Å². The van der Waals surface area contributed by atoms with E-state index in [1.54, 1.807) is 24.3 Å². The van der Waals surface area contributed by atoms with E-state index in [-0.39, 0.29) is 0 Å². The standard InChI is InChI=1S/C18H20Cl2N2O2S/c1-3-23-16-10-15(17(24-4-2)9-14(16)21)22-18(25)7-11-5-6-12(19)8-13(11)20/h5-6,8-10H,3-4,7,21H2,1-2H3,(H,22,25). The van der Waals surface area contributed by atoms with E-state index in [1.807, 2.05) is 19.9 Å². The molecule has 0 radical (unpaired) electrons. The number of ether oxygens (including phenoxy) is 2. The molecule has 2 rings (SSSR count). The van der Waals surface area contributed by atoms with E-state index in [0.717, 1.165) is 5.56 Å². The average molecular weight is 399 g/mol. The maximum absolute atomic E-state index is 6.21. The SMILES string of the molecule is CCOc1cc(NC(=S)Cc2ccc(Cl)cc2Cl)c(OCC)cc1N. The Hall–Kier alpha value is -1.69. The summed E-state index contributed by atoms with van der Waals surface area (Å²) in [6.07, 6.45) is 0.477. The predicted molar refractivity (Wildman–Crippen MR) is 110 cm³/mol. The van der Waals surface area contributed by atoms with Crippen molar-refractivity contribution < 1.29 is 9.47 Å². The molecule has 0 unspecified atom stereocenters. The Morgan fingerprint density at radius 1 is 1.08 bits per heavy atom. The minimum atomic E-state index is 0.477. The second-order valence-electron chi connectivity index (χ2n) is 5.21. The molecule has 7 heteroatoms. The molecular weight excluding hydrogens is 379 g/mol. The molecule has 0 aromatic heterocycles. The van der Waals surface area contributed by atoms with E-state index in [1.165, 1.54) is 0 Å². The summed E-state index contributed by atoms with van der Waals surface area (Å²) in [7, 11) is 0. The summed E-state index contributed by atoms with van der Waals surface area (Å²) in [5, 5.41) is 4.36. The molecule has 0 bridgehead atoms. The fraction of sp³-hybridized carbons (Fsp3) is 0.278. The van der Waals surface area contributed by atoms with Crippen LogP contribution in [0.5, 0.6) is 11.5 Å². The number of halogens is 2. The Bertz CT molecular complexity index is 769. The van der Waals surface area contributed by atoms with Crippen LogP contribution in [0.4, 0.5) is 11.4 Å². The van der Waals surface area contributed by atoms with E-state index in [2.05, 4.69) is 5.32 Å². The van der Waals surface area contributed by atoms with E-state index in [0.29, 0.717) is 57.5 Å². The van der Waals surface area contributed by atoms with Crippen LogP contribution >= 0.6 is 35.4 Å². The molecule has 0 spiro atoms. The van der Waals surface area contributed by atoms with Crippen molar-refractivity contribution in [2.24, 2.45) is 0 Å². The lowest BCUT2D eigenvalue weighted by atomic mass is 10.1. The minimum absolute atomic E-state index is 0.477. The summed E-state index contributed by atoms with van der Waals surface area (Å²) < 4.78 is 11.2. The number of thiocarbonyl (C=S) groups is 1. The highest BCUT2D eigenvalue weighted by Crippen LogP contribution is 2.35. The molecule has 0 saturated carbocycles. The van der Waals surface area contributed by atoms with Gasteiger partial charge in [-0.3, -0.25) is 0 Å². The van der Waals surface area contributed by atoms with E-state index < -0.39 is 0 Å². The van der Waals surface area contributed by atoms with Gasteiger partial charge in [-0.1, -0.05) is 41.5 Å². The average Bonchev–Trinajstić information content (AvgIpc) is 2.55. The van der Waals surface area contributed by atoms with Crippen LogP contribution in [0.25, 0.3) is 0 Å². The minimum Gasteiger partial charge on any atom is -0.492 e. The molecule has 0 amide bonds. The van der Waals surface area contributed by atoms with Crippen LogP contribution in [0.15, 0.2) is 30.3 Å². The van der Waals surface area contributed by atoms with Gasteiger partial charge in [-0.05, 0) is 31.5 Å². The van der Waals surface area contributed by atoms with Gasteiger partial charge in [0.15, 0.2) is 0 Å². The van der Waals surface area contributed by atoms with Gasteiger partial charge in [0, 0.05) is 28.6 Å². The molecule has 134 valence electrons. The normalized spacial score (nSPS) is 10.4. The summed E-state index contributed by atoms with van der Waals surface area (Å²) in [6.45, 7) is 4.83. The van der Waals surface area contributed by atoms with E-state index in [9.17, 15) is 0 Å². The molecule has 0 atom stereocenters. The quantitative estimate of drug-likeness (QED) is 0.485. The zero-order valence-corrected chi connectivity index (χ0v) is 16.4. The van der Waals surface area contributed by atoms with Crippen LogP contribution in [0.1, 0.15) is 19.4 Å². The van der Waals surface area contributed by atoms with Crippen molar-refractivity contribution in [2.45, 2.75) is 20.3 Å². The Labute approximate surface area is 163 Å². The molecule has 0 aliphatic heterocycles. The first-order valence-corrected chi connectivity index (χ1v) is 9.03. The van der Waals surface area contributed by atoms with Crippen LogP contribution in [-0.4, -0.2) is 18.2 Å². The molecule has 0 aliphatic carbocycles. The van der Waals surface area contributed by atoms with Crippen LogP contribution in [0.3, 0.4) is 0 Å². The van der Waals surface area contributed by atoms with Gasteiger partial charge in [0.25, 0.3) is 0 Å². The Balaban J connectivity index is 2.21. The first-order valence-electron chi connectivity index (χ1n) is 7.87. The molecule has 25 heavy (non-hydrogen) atoms. The molecule has 0 saturated heterocycles. The maximum atomic E-state index is 6.21. The van der Waals surface area contributed by atoms with Crippen molar-refractivity contribution in [1.82, 2.24) is 0 Å². The van der Waals surface area contributed by atoms with Crippen LogP contribution in [0, 0.1) is 0 Å². The van der Waals surface area contributed by atoms with Crippen molar-refractivity contribution in [3.63, 3.8) is 0 Å². The van der Waals surface area contributed by atoms with Gasteiger partial charge in [-0.2, -0.15) is 0 Å². The van der Waals surface area contributed by atoms with Crippen molar-refractivity contribution in [2.75, 3.05) is 24.3 Å². The highest BCUT2D eigenvalue weighted by Gasteiger charge is 2.12. The van der Waals surface area contributed by atoms with Crippen molar-refractivity contribution in [3.05, 3.63) is 45.9 Å². The molecule has 2 aromatic rings. The third-order valence-corrected chi connectivity index (χ3v) is 4.19. The van der Waals surface area contributed by atoms with E-state index in [4.69, 9.17) is 50.6 Å². The molecule has 4 nitrogen and oxygen atoms in total. The smallest absolute Gasteiger partial charge is 0.145 e. The summed E-state index contributed by atoms with van der Waals surface area (Å²) in [4.78, 5) is 0.595. The number of rotatable bonds is 7. The maximum Gasteiger partial charge on any atom is 0.145 e. The topological polar surface area (TPSA) is 56.5 Å². The lowest BCUT2D eigenvalue weighted by molar-refractivity contribution is 0.333. The Kier molecular flexibility index (Phi) is 7.17. The van der Waals surface area contributed by atoms with Crippen molar-refractivity contribution in [1.29, 1.82) is 0 Å². The molecule has 3 N–H and O–H groups in total. The van der Waals surface area contributed by atoms with Crippen LogP contribution in [-0.2, 0) is 6.42 Å². The highest BCUT2D eigenvalue weighted by atomic mass is 35.5. The summed E-state index contributed by atoms with van der Waals surface area (Å²) in [5.41, 5.74) is 8.11. The molecular formula is C18H20Cl2N2O2S. The zero-order chi connectivity index (χ0) is 18.4. The van der Waals surface area contributed by atoms with Gasteiger partial charge >= 0.3 is 0 Å². The number of nitrogens with one attached hydrogen (secondary N) is 1. The van der Waals surface area contributed by atoms with Gasteiger partial charge in [0.1, 0.15) is 11.5 Å². The first-order chi connectivity index (χ1) is 11.9. The summed E-state index contributed by atoms with van der Waals surface area (Å²) >= 11 is 17.6. The third kappa shape index (κ3) is 5.39. The number of nitrogens with two attached hydrogens (primary N) is 1. The largest absolute Gasteiger partial charge is 0.492 e. The van der Waals surface area contributed by atoms with Gasteiger partial charge in [-0.15, -0.1) is 0 Å². The molecule has 0 fully saturated rings. The van der Waals surface area contributed by atoms with Gasteiger partial charge in [-0.25, -0.2) is 0 Å². The molecule has 2 aromatic carbocycles. The van der Waals surface area contributed by atoms with Gasteiger partial charge in [0.2, 0.25) is 0 Å². The second kappa shape index (κ2) is 9.13. The number of nitrogen functional groups attached to an aromatic ring is 1. The number of benzene rings is 2. The van der Waals surface area contributed by atoms with E-state index >= 15 is 0 Å². The monoisotopic (exact) mass is 398 g/mol. The molecule has 0 heterocycles. The Morgan fingerprint density at radius 3 is 2.40 bits per heavy atom. The van der Waals surface area contributed by atoms with Crippen molar-refractivity contribution >= 4 is 51.8 Å². The third-order valence-electron chi connectivity index (χ3n) is 3.35. The van der Waals surface area contributed by atoms with Crippen LogP contribution in [0.2, 0.25) is 10.0 Å². The lowest BCUT2D eigenvalue weighted by Gasteiger charge is -2.17.